The first-order chi connectivity index (χ1) is 20.3. The summed E-state index contributed by atoms with van der Waals surface area (Å²) >= 11 is 22.2. The van der Waals surface area contributed by atoms with E-state index in [9.17, 15) is 4.79 Å². The van der Waals surface area contributed by atoms with Gasteiger partial charge in [0, 0.05) is 0 Å². The molecule has 0 atom stereocenters. The van der Waals surface area contributed by atoms with Crippen molar-refractivity contribution in [2.45, 2.75) is 6.61 Å². The third-order valence-electron chi connectivity index (χ3n) is 6.43. The van der Waals surface area contributed by atoms with Gasteiger partial charge in [0.25, 0.3) is 5.56 Å². The summed E-state index contributed by atoms with van der Waals surface area (Å²) in [6.07, 6.45) is 1.52. The fraction of sp³-hybridized carbons (Fsp3) is 0.0645. The molecule has 2 heterocycles. The first kappa shape index (κ1) is 28.3. The number of furan rings is 1. The van der Waals surface area contributed by atoms with E-state index in [0.29, 0.717) is 58.8 Å². The zero-order valence-electron chi connectivity index (χ0n) is 21.8. The number of para-hydroxylation sites is 1. The van der Waals surface area contributed by atoms with Crippen LogP contribution >= 0.6 is 50.7 Å². The van der Waals surface area contributed by atoms with Gasteiger partial charge in [0.05, 0.1) is 49.2 Å². The first-order valence-electron chi connectivity index (χ1n) is 12.5. The molecule has 0 saturated carbocycles. The van der Waals surface area contributed by atoms with E-state index in [0.717, 1.165) is 10.9 Å². The highest BCUT2D eigenvalue weighted by Gasteiger charge is 2.18. The van der Waals surface area contributed by atoms with Crippen molar-refractivity contribution in [3.63, 3.8) is 0 Å². The second-order valence-electron chi connectivity index (χ2n) is 9.15. The van der Waals surface area contributed by atoms with Crippen molar-refractivity contribution in [1.29, 1.82) is 0 Å². The maximum Gasteiger partial charge on any atom is 0.282 e. The minimum absolute atomic E-state index is 0.229. The minimum Gasteiger partial charge on any atom is -0.496 e. The molecule has 7 nitrogen and oxygen atoms in total. The van der Waals surface area contributed by atoms with E-state index in [1.807, 2.05) is 30.3 Å². The number of ether oxygens (including phenoxy) is 2. The molecular formula is C31H19BrCl3N3O4. The molecule has 0 unspecified atom stereocenters. The van der Waals surface area contributed by atoms with Crippen LogP contribution in [0.3, 0.4) is 0 Å². The Morgan fingerprint density at radius 2 is 1.79 bits per heavy atom. The van der Waals surface area contributed by atoms with Gasteiger partial charge in [-0.3, -0.25) is 4.79 Å². The number of halogens is 4. The molecule has 0 aliphatic heterocycles. The third kappa shape index (κ3) is 5.51. The monoisotopic (exact) mass is 681 g/mol. The van der Waals surface area contributed by atoms with Gasteiger partial charge < -0.3 is 13.9 Å². The minimum atomic E-state index is -0.356. The molecule has 0 fully saturated rings. The van der Waals surface area contributed by atoms with Crippen LogP contribution in [-0.2, 0) is 6.61 Å². The second kappa shape index (κ2) is 11.8. The van der Waals surface area contributed by atoms with Crippen LogP contribution in [0.4, 0.5) is 0 Å². The maximum absolute atomic E-state index is 13.6. The van der Waals surface area contributed by atoms with Crippen LogP contribution in [0.2, 0.25) is 15.1 Å². The lowest BCUT2D eigenvalue weighted by Crippen LogP contribution is -2.20. The molecule has 0 bridgehead atoms. The van der Waals surface area contributed by atoms with E-state index in [-0.39, 0.29) is 18.0 Å². The molecule has 4 aromatic carbocycles. The molecule has 0 spiro atoms. The van der Waals surface area contributed by atoms with Gasteiger partial charge >= 0.3 is 0 Å². The number of fused-ring (bicyclic) bond motifs is 2. The van der Waals surface area contributed by atoms with E-state index in [1.165, 1.54) is 10.9 Å². The zero-order chi connectivity index (χ0) is 29.4. The molecular weight excluding hydrogens is 665 g/mol. The van der Waals surface area contributed by atoms with Gasteiger partial charge in [-0.15, -0.1) is 0 Å². The summed E-state index contributed by atoms with van der Waals surface area (Å²) < 4.78 is 19.3. The lowest BCUT2D eigenvalue weighted by Gasteiger charge is -2.12. The van der Waals surface area contributed by atoms with Crippen molar-refractivity contribution >= 4 is 78.8 Å². The maximum atomic E-state index is 13.6. The molecule has 0 saturated heterocycles. The highest BCUT2D eigenvalue weighted by atomic mass is 79.9. The predicted octanol–water partition coefficient (Wildman–Crippen LogP) is 9.00. The summed E-state index contributed by atoms with van der Waals surface area (Å²) in [5.74, 6) is 1.68. The van der Waals surface area contributed by atoms with Crippen molar-refractivity contribution in [2.75, 3.05) is 7.11 Å². The third-order valence-corrected chi connectivity index (χ3v) is 8.03. The largest absolute Gasteiger partial charge is 0.496 e. The Labute approximate surface area is 263 Å². The molecule has 0 aliphatic rings. The average Bonchev–Trinajstić information content (AvgIpc) is 3.42. The molecule has 0 radical (unpaired) electrons. The Hall–Kier alpha value is -3.82. The van der Waals surface area contributed by atoms with Crippen LogP contribution in [0.5, 0.6) is 11.5 Å². The highest BCUT2D eigenvalue weighted by Crippen LogP contribution is 2.36. The standard InChI is InChI=1S/C31H19BrCl3N3O4/c1-40-26-7-4-8-27-20(26)14-28(42-27)30-37-25-6-3-2-5-19(25)31(39)38(30)36-15-18-11-21(32)29(24(35)13-18)41-16-17-9-10-22(33)23(34)12-17/h2-15H,16H2,1H3. The summed E-state index contributed by atoms with van der Waals surface area (Å²) in [4.78, 5) is 18.3. The molecule has 210 valence electrons. The molecule has 0 amide bonds. The number of nitrogens with zero attached hydrogens (tertiary/aromatic N) is 3. The lowest BCUT2D eigenvalue weighted by molar-refractivity contribution is 0.304. The number of hydrogen-bond donors (Lipinski definition) is 0. The SMILES string of the molecule is COc1cccc2oc(-c3nc4ccccc4c(=O)n3N=Cc3cc(Cl)c(OCc4ccc(Cl)c(Cl)c4)c(Br)c3)cc12. The first-order valence-corrected chi connectivity index (χ1v) is 14.4. The Bertz CT molecular complexity index is 2050. The van der Waals surface area contributed by atoms with Gasteiger partial charge in [-0.1, -0.05) is 59.1 Å². The quantitative estimate of drug-likeness (QED) is 0.157. The number of rotatable bonds is 7. The van der Waals surface area contributed by atoms with Gasteiger partial charge in [0.15, 0.2) is 11.5 Å². The van der Waals surface area contributed by atoms with Crippen molar-refractivity contribution in [1.82, 2.24) is 9.66 Å². The van der Waals surface area contributed by atoms with E-state index >= 15 is 0 Å². The topological polar surface area (TPSA) is 78.9 Å². The van der Waals surface area contributed by atoms with Gasteiger partial charge in [-0.05, 0) is 81.7 Å². The Balaban J connectivity index is 1.37. The van der Waals surface area contributed by atoms with Crippen LogP contribution in [0.1, 0.15) is 11.1 Å². The molecule has 6 rings (SSSR count). The number of methoxy groups -OCH3 is 1. The molecule has 2 aromatic heterocycles. The normalized spacial score (nSPS) is 11.5. The summed E-state index contributed by atoms with van der Waals surface area (Å²) in [5.41, 5.74) is 2.20. The van der Waals surface area contributed by atoms with Crippen molar-refractivity contribution in [3.05, 3.63) is 120 Å². The fourth-order valence-corrected chi connectivity index (χ4v) is 5.72. The van der Waals surface area contributed by atoms with E-state index in [1.54, 1.807) is 55.6 Å². The molecule has 11 heteroatoms. The van der Waals surface area contributed by atoms with Crippen LogP contribution < -0.4 is 15.0 Å². The summed E-state index contributed by atoms with van der Waals surface area (Å²) in [6.45, 7) is 0.229. The Kier molecular flexibility index (Phi) is 7.96. The van der Waals surface area contributed by atoms with Gasteiger partial charge in [0.2, 0.25) is 5.82 Å². The lowest BCUT2D eigenvalue weighted by atomic mass is 10.2. The molecule has 6 aromatic rings. The van der Waals surface area contributed by atoms with E-state index in [2.05, 4.69) is 21.0 Å². The average molecular weight is 684 g/mol. The van der Waals surface area contributed by atoms with Crippen molar-refractivity contribution in [2.24, 2.45) is 5.10 Å². The van der Waals surface area contributed by atoms with Crippen LogP contribution in [0, 0.1) is 0 Å². The second-order valence-corrected chi connectivity index (χ2v) is 11.2. The zero-order valence-corrected chi connectivity index (χ0v) is 25.6. The summed E-state index contributed by atoms with van der Waals surface area (Å²) in [7, 11) is 1.59. The molecule has 0 N–H and O–H groups in total. The summed E-state index contributed by atoms with van der Waals surface area (Å²) in [5, 5.41) is 6.93. The smallest absolute Gasteiger partial charge is 0.282 e. The summed E-state index contributed by atoms with van der Waals surface area (Å²) in [6, 6.07) is 23.1. The number of benzene rings is 4. The van der Waals surface area contributed by atoms with E-state index < -0.39 is 0 Å². The van der Waals surface area contributed by atoms with Crippen molar-refractivity contribution < 1.29 is 13.9 Å². The molecule has 0 aliphatic carbocycles. The Morgan fingerprint density at radius 3 is 2.57 bits per heavy atom. The van der Waals surface area contributed by atoms with Crippen LogP contribution in [0.15, 0.2) is 97.6 Å². The van der Waals surface area contributed by atoms with Gasteiger partial charge in [0.1, 0.15) is 17.9 Å². The number of hydrogen-bond acceptors (Lipinski definition) is 6. The predicted molar refractivity (Wildman–Crippen MR) is 171 cm³/mol. The van der Waals surface area contributed by atoms with E-state index in [4.69, 9.17) is 53.7 Å². The highest BCUT2D eigenvalue weighted by molar-refractivity contribution is 9.10. The Morgan fingerprint density at radius 1 is 0.952 bits per heavy atom. The fourth-order valence-electron chi connectivity index (χ4n) is 4.41. The van der Waals surface area contributed by atoms with Crippen molar-refractivity contribution in [3.8, 4) is 23.1 Å². The molecule has 42 heavy (non-hydrogen) atoms. The van der Waals surface area contributed by atoms with Crippen LogP contribution in [0.25, 0.3) is 33.5 Å². The van der Waals surface area contributed by atoms with Crippen LogP contribution in [-0.4, -0.2) is 23.0 Å². The van der Waals surface area contributed by atoms with Gasteiger partial charge in [-0.2, -0.15) is 9.78 Å². The number of aromatic nitrogens is 2. The van der Waals surface area contributed by atoms with Gasteiger partial charge in [-0.25, -0.2) is 4.98 Å².